The highest BCUT2D eigenvalue weighted by molar-refractivity contribution is 9.10. The number of carbonyl (C=O) groups is 3. The molecule has 0 rings (SSSR count). The molecule has 0 radical (unpaired) electrons. The van der Waals surface area contributed by atoms with Crippen molar-refractivity contribution in [1.29, 1.82) is 0 Å². The predicted octanol–water partition coefficient (Wildman–Crippen LogP) is 1.61. The standard InChI is InChI=1S/C13H19BrO6/c1-5-7-8-13(11(16)18-3,12(17)19-4)9(14)10(15)20-6-2/h5,9H,1,6-8H2,2-4H3. The summed E-state index contributed by atoms with van der Waals surface area (Å²) in [6.07, 6.45) is 1.88. The summed E-state index contributed by atoms with van der Waals surface area (Å²) in [6.45, 7) is 5.29. The van der Waals surface area contributed by atoms with Gasteiger partial charge in [0, 0.05) is 0 Å². The van der Waals surface area contributed by atoms with Gasteiger partial charge in [0.25, 0.3) is 0 Å². The van der Waals surface area contributed by atoms with Crippen LogP contribution in [0.3, 0.4) is 0 Å². The third-order valence-corrected chi connectivity index (χ3v) is 3.92. The average molecular weight is 351 g/mol. The number of methoxy groups -OCH3 is 2. The molecule has 6 nitrogen and oxygen atoms in total. The van der Waals surface area contributed by atoms with E-state index in [1.807, 2.05) is 0 Å². The zero-order valence-electron chi connectivity index (χ0n) is 11.8. The Hall–Kier alpha value is -1.37. The molecule has 0 saturated carbocycles. The Morgan fingerprint density at radius 3 is 2.10 bits per heavy atom. The molecule has 0 aliphatic carbocycles. The summed E-state index contributed by atoms with van der Waals surface area (Å²) in [6, 6.07) is 0. The second-order valence-electron chi connectivity index (χ2n) is 3.90. The lowest BCUT2D eigenvalue weighted by Gasteiger charge is -2.30. The van der Waals surface area contributed by atoms with Crippen LogP contribution in [0.15, 0.2) is 12.7 Å². The van der Waals surface area contributed by atoms with E-state index in [0.717, 1.165) is 14.2 Å². The van der Waals surface area contributed by atoms with E-state index in [2.05, 4.69) is 32.0 Å². The quantitative estimate of drug-likeness (QED) is 0.217. The van der Waals surface area contributed by atoms with Gasteiger partial charge >= 0.3 is 17.9 Å². The lowest BCUT2D eigenvalue weighted by atomic mass is 9.79. The Bertz CT molecular complexity index is 363. The van der Waals surface area contributed by atoms with Crippen molar-refractivity contribution in [2.75, 3.05) is 20.8 Å². The van der Waals surface area contributed by atoms with E-state index in [4.69, 9.17) is 4.74 Å². The van der Waals surface area contributed by atoms with Crippen LogP contribution in [0.5, 0.6) is 0 Å². The molecule has 0 aromatic carbocycles. The van der Waals surface area contributed by atoms with Crippen LogP contribution in [0, 0.1) is 5.41 Å². The first-order valence-electron chi connectivity index (χ1n) is 6.00. The van der Waals surface area contributed by atoms with Crippen LogP contribution in [0.25, 0.3) is 0 Å². The molecule has 0 N–H and O–H groups in total. The van der Waals surface area contributed by atoms with Crippen LogP contribution < -0.4 is 0 Å². The van der Waals surface area contributed by atoms with Crippen LogP contribution in [-0.4, -0.2) is 43.6 Å². The predicted molar refractivity (Wildman–Crippen MR) is 75.2 cm³/mol. The van der Waals surface area contributed by atoms with Gasteiger partial charge in [0.15, 0.2) is 5.41 Å². The number of allylic oxidation sites excluding steroid dienone is 1. The van der Waals surface area contributed by atoms with Gasteiger partial charge in [-0.15, -0.1) is 6.58 Å². The zero-order valence-corrected chi connectivity index (χ0v) is 13.4. The molecule has 0 aliphatic rings. The maximum absolute atomic E-state index is 12.1. The second-order valence-corrected chi connectivity index (χ2v) is 4.81. The van der Waals surface area contributed by atoms with Gasteiger partial charge in [0.05, 0.1) is 20.8 Å². The van der Waals surface area contributed by atoms with Crippen molar-refractivity contribution in [1.82, 2.24) is 0 Å². The molecule has 1 atom stereocenters. The van der Waals surface area contributed by atoms with Gasteiger partial charge in [0.2, 0.25) is 0 Å². The summed E-state index contributed by atoms with van der Waals surface area (Å²) in [7, 11) is 2.28. The summed E-state index contributed by atoms with van der Waals surface area (Å²) < 4.78 is 14.2. The number of alkyl halides is 1. The lowest BCUT2D eigenvalue weighted by molar-refractivity contribution is -0.173. The first-order valence-corrected chi connectivity index (χ1v) is 6.92. The van der Waals surface area contributed by atoms with Gasteiger partial charge in [-0.1, -0.05) is 22.0 Å². The molecule has 1 unspecified atom stereocenters. The number of hydrogen-bond donors (Lipinski definition) is 0. The highest BCUT2D eigenvalue weighted by atomic mass is 79.9. The lowest BCUT2D eigenvalue weighted by Crippen LogP contribution is -2.51. The average Bonchev–Trinajstić information content (AvgIpc) is 2.46. The fraction of sp³-hybridized carbons (Fsp3) is 0.615. The van der Waals surface area contributed by atoms with Crippen molar-refractivity contribution in [3.8, 4) is 0 Å². The van der Waals surface area contributed by atoms with Crippen LogP contribution in [0.1, 0.15) is 19.8 Å². The zero-order chi connectivity index (χ0) is 15.8. The Kier molecular flexibility index (Phi) is 8.13. The van der Waals surface area contributed by atoms with Crippen LogP contribution in [0.4, 0.5) is 0 Å². The van der Waals surface area contributed by atoms with Gasteiger partial charge in [0.1, 0.15) is 4.83 Å². The van der Waals surface area contributed by atoms with Crippen LogP contribution in [-0.2, 0) is 28.6 Å². The van der Waals surface area contributed by atoms with E-state index >= 15 is 0 Å². The van der Waals surface area contributed by atoms with Gasteiger partial charge < -0.3 is 14.2 Å². The molecule has 0 heterocycles. The Balaban J connectivity index is 5.69. The summed E-state index contributed by atoms with van der Waals surface area (Å²) in [4.78, 5) is 34.9. The third kappa shape index (κ3) is 3.82. The van der Waals surface area contributed by atoms with Crippen molar-refractivity contribution >= 4 is 33.8 Å². The first kappa shape index (κ1) is 18.6. The molecule has 0 bridgehead atoms. The smallest absolute Gasteiger partial charge is 0.325 e. The Morgan fingerprint density at radius 2 is 1.75 bits per heavy atom. The summed E-state index contributed by atoms with van der Waals surface area (Å²) in [5, 5.41) is 0. The van der Waals surface area contributed by atoms with E-state index in [-0.39, 0.29) is 13.0 Å². The molecular formula is C13H19BrO6. The normalized spacial score (nSPS) is 12.2. The van der Waals surface area contributed by atoms with Gasteiger partial charge in [-0.25, -0.2) is 0 Å². The van der Waals surface area contributed by atoms with Crippen molar-refractivity contribution in [2.45, 2.75) is 24.6 Å². The Labute approximate surface area is 126 Å². The minimum absolute atomic E-state index is 0.0184. The van der Waals surface area contributed by atoms with E-state index in [9.17, 15) is 14.4 Å². The molecule has 0 spiro atoms. The molecule has 0 fully saturated rings. The number of esters is 3. The second kappa shape index (κ2) is 8.73. The molecule has 114 valence electrons. The highest BCUT2D eigenvalue weighted by Crippen LogP contribution is 2.37. The summed E-state index contributed by atoms with van der Waals surface area (Å²) in [5.74, 6) is -2.45. The molecule has 0 amide bonds. The maximum atomic E-state index is 12.1. The van der Waals surface area contributed by atoms with Crippen molar-refractivity contribution < 1.29 is 28.6 Å². The van der Waals surface area contributed by atoms with Crippen molar-refractivity contribution in [3.05, 3.63) is 12.7 Å². The highest BCUT2D eigenvalue weighted by Gasteiger charge is 2.56. The third-order valence-electron chi connectivity index (χ3n) is 2.77. The van der Waals surface area contributed by atoms with E-state index < -0.39 is 28.2 Å². The molecular weight excluding hydrogens is 332 g/mol. The van der Waals surface area contributed by atoms with E-state index in [1.165, 1.54) is 6.08 Å². The Morgan fingerprint density at radius 1 is 1.25 bits per heavy atom. The summed E-state index contributed by atoms with van der Waals surface area (Å²) in [5.41, 5.74) is -1.80. The number of hydrogen-bond acceptors (Lipinski definition) is 6. The van der Waals surface area contributed by atoms with Crippen molar-refractivity contribution in [3.63, 3.8) is 0 Å². The molecule has 20 heavy (non-hydrogen) atoms. The minimum Gasteiger partial charge on any atom is -0.468 e. The molecule has 0 saturated heterocycles. The molecule has 0 aliphatic heterocycles. The number of halogens is 1. The SMILES string of the molecule is C=CCCC(C(=O)OC)(C(=O)OC)C(Br)C(=O)OCC. The first-order chi connectivity index (χ1) is 9.42. The van der Waals surface area contributed by atoms with Crippen LogP contribution in [0.2, 0.25) is 0 Å². The molecule has 0 aromatic heterocycles. The molecule has 7 heteroatoms. The van der Waals surface area contributed by atoms with E-state index in [0.29, 0.717) is 6.42 Å². The fourth-order valence-electron chi connectivity index (χ4n) is 1.73. The molecule has 0 aromatic rings. The van der Waals surface area contributed by atoms with Gasteiger partial charge in [-0.2, -0.15) is 0 Å². The largest absolute Gasteiger partial charge is 0.468 e. The van der Waals surface area contributed by atoms with Crippen molar-refractivity contribution in [2.24, 2.45) is 5.41 Å². The monoisotopic (exact) mass is 350 g/mol. The fourth-order valence-corrected chi connectivity index (χ4v) is 2.47. The van der Waals surface area contributed by atoms with Gasteiger partial charge in [-0.05, 0) is 19.8 Å². The minimum atomic E-state index is -1.80. The van der Waals surface area contributed by atoms with E-state index in [1.54, 1.807) is 6.92 Å². The topological polar surface area (TPSA) is 78.9 Å². The summed E-state index contributed by atoms with van der Waals surface area (Å²) >= 11 is 3.07. The number of carbonyl (C=O) groups excluding carboxylic acids is 3. The number of rotatable bonds is 8. The maximum Gasteiger partial charge on any atom is 0.325 e. The van der Waals surface area contributed by atoms with Crippen LogP contribution >= 0.6 is 15.9 Å². The van der Waals surface area contributed by atoms with Gasteiger partial charge in [-0.3, -0.25) is 14.4 Å². The number of ether oxygens (including phenoxy) is 3.